The number of amides is 2. The van der Waals surface area contributed by atoms with E-state index in [1.807, 2.05) is 0 Å². The van der Waals surface area contributed by atoms with E-state index in [9.17, 15) is 22.4 Å². The van der Waals surface area contributed by atoms with Crippen molar-refractivity contribution in [2.75, 3.05) is 13.2 Å². The summed E-state index contributed by atoms with van der Waals surface area (Å²) in [5.74, 6) is -0.873. The van der Waals surface area contributed by atoms with E-state index in [-0.39, 0.29) is 47.6 Å². The van der Waals surface area contributed by atoms with Crippen molar-refractivity contribution in [3.63, 3.8) is 0 Å². The van der Waals surface area contributed by atoms with Crippen LogP contribution in [0.4, 0.5) is 4.39 Å². The molecule has 1 saturated heterocycles. The van der Waals surface area contributed by atoms with Crippen molar-refractivity contribution in [3.8, 4) is 0 Å². The molecule has 1 heterocycles. The summed E-state index contributed by atoms with van der Waals surface area (Å²) in [4.78, 5) is 27.9. The molecule has 1 aliphatic heterocycles. The van der Waals surface area contributed by atoms with E-state index in [1.165, 1.54) is 17.0 Å². The number of aryl methyl sites for hydroxylation is 1. The maximum absolute atomic E-state index is 13.4. The fourth-order valence-corrected chi connectivity index (χ4v) is 5.56. The second-order valence-electron chi connectivity index (χ2n) is 9.74. The highest BCUT2D eigenvalue weighted by Crippen LogP contribution is 2.22. The Morgan fingerprint density at radius 3 is 2.35 bits per heavy atom. The number of sulfonamides is 1. The molecule has 0 bridgehead atoms. The lowest BCUT2D eigenvalue weighted by Crippen LogP contribution is -2.49. The second-order valence-corrected chi connectivity index (χ2v) is 11.5. The Bertz CT molecular complexity index is 1180. The highest BCUT2D eigenvalue weighted by molar-refractivity contribution is 7.89. The highest BCUT2D eigenvalue weighted by Gasteiger charge is 2.29. The molecule has 2 aromatic rings. The van der Waals surface area contributed by atoms with Gasteiger partial charge in [0.05, 0.1) is 11.0 Å². The van der Waals surface area contributed by atoms with Crippen molar-refractivity contribution in [3.05, 3.63) is 65.5 Å². The molecule has 37 heavy (non-hydrogen) atoms. The lowest BCUT2D eigenvalue weighted by Gasteiger charge is -2.29. The summed E-state index contributed by atoms with van der Waals surface area (Å²) < 4.78 is 46.4. The number of carbonyl (C=O) groups excluding carboxylic acids is 2. The second kappa shape index (κ2) is 12.1. The third-order valence-electron chi connectivity index (χ3n) is 6.72. The van der Waals surface area contributed by atoms with Gasteiger partial charge < -0.3 is 15.0 Å². The van der Waals surface area contributed by atoms with Crippen LogP contribution >= 0.6 is 0 Å². The van der Waals surface area contributed by atoms with Gasteiger partial charge in [-0.05, 0) is 74.4 Å². The standard InChI is InChI=1S/C27H34FN3O5S/c1-19(27(33)29-17-24-3-2-16-36-24)31(18-21-4-9-22(28)10-5-21)26(32)15-8-20-6-13-25(14-7-20)37(34,35)30-23-11-12-23/h4-7,9-10,13-14,19,23-24,30H,2-3,8,11-12,15-18H2,1H3,(H,29,33)/t19-,24-/m0/s1. The Hall–Kier alpha value is -2.82. The van der Waals surface area contributed by atoms with E-state index in [2.05, 4.69) is 10.0 Å². The molecule has 2 aromatic carbocycles. The van der Waals surface area contributed by atoms with Gasteiger partial charge in [0.1, 0.15) is 11.9 Å². The molecule has 2 aliphatic rings. The van der Waals surface area contributed by atoms with Gasteiger partial charge in [0.2, 0.25) is 21.8 Å². The number of benzene rings is 2. The first-order valence-corrected chi connectivity index (χ1v) is 14.2. The predicted octanol–water partition coefficient (Wildman–Crippen LogP) is 2.91. The van der Waals surface area contributed by atoms with Gasteiger partial charge >= 0.3 is 0 Å². The summed E-state index contributed by atoms with van der Waals surface area (Å²) in [7, 11) is -3.53. The van der Waals surface area contributed by atoms with Crippen molar-refractivity contribution in [1.82, 2.24) is 14.9 Å². The van der Waals surface area contributed by atoms with Gasteiger partial charge in [-0.15, -0.1) is 0 Å². The summed E-state index contributed by atoms with van der Waals surface area (Å²) in [5.41, 5.74) is 1.53. The summed E-state index contributed by atoms with van der Waals surface area (Å²) in [6.07, 6.45) is 4.09. The normalized spacial score (nSPS) is 18.4. The van der Waals surface area contributed by atoms with Crippen LogP contribution in [0.25, 0.3) is 0 Å². The minimum Gasteiger partial charge on any atom is -0.376 e. The molecule has 0 spiro atoms. The van der Waals surface area contributed by atoms with E-state index in [4.69, 9.17) is 4.74 Å². The van der Waals surface area contributed by atoms with Crippen LogP contribution in [0.15, 0.2) is 53.4 Å². The predicted molar refractivity (Wildman–Crippen MR) is 137 cm³/mol. The SMILES string of the molecule is C[C@@H](C(=O)NC[C@@H]1CCCO1)N(Cc1ccc(F)cc1)C(=O)CCc1ccc(S(=O)(=O)NC2CC2)cc1. The molecule has 0 unspecified atom stereocenters. The molecular formula is C27H34FN3O5S. The van der Waals surface area contributed by atoms with Gasteiger partial charge in [-0.1, -0.05) is 24.3 Å². The fraction of sp³-hybridized carbons (Fsp3) is 0.481. The average molecular weight is 532 g/mol. The number of hydrogen-bond acceptors (Lipinski definition) is 5. The van der Waals surface area contributed by atoms with Gasteiger partial charge in [-0.25, -0.2) is 17.5 Å². The molecule has 2 amide bonds. The quantitative estimate of drug-likeness (QED) is 0.438. The molecule has 10 heteroatoms. The lowest BCUT2D eigenvalue weighted by atomic mass is 10.1. The summed E-state index contributed by atoms with van der Waals surface area (Å²) >= 11 is 0. The molecule has 2 atom stereocenters. The maximum atomic E-state index is 13.4. The number of nitrogens with one attached hydrogen (secondary N) is 2. The Morgan fingerprint density at radius 2 is 1.73 bits per heavy atom. The molecule has 0 radical (unpaired) electrons. The van der Waals surface area contributed by atoms with Crippen LogP contribution in [0.3, 0.4) is 0 Å². The zero-order valence-electron chi connectivity index (χ0n) is 21.0. The first kappa shape index (κ1) is 27.2. The summed E-state index contributed by atoms with van der Waals surface area (Å²) in [6.45, 7) is 2.93. The Balaban J connectivity index is 1.39. The van der Waals surface area contributed by atoms with Crippen molar-refractivity contribution in [2.24, 2.45) is 0 Å². The van der Waals surface area contributed by atoms with Crippen LogP contribution in [0.1, 0.15) is 50.2 Å². The molecular weight excluding hydrogens is 497 g/mol. The minimum absolute atomic E-state index is 0.0105. The van der Waals surface area contributed by atoms with E-state index in [0.29, 0.717) is 25.1 Å². The zero-order valence-corrected chi connectivity index (χ0v) is 21.8. The Morgan fingerprint density at radius 1 is 1.05 bits per heavy atom. The fourth-order valence-electron chi connectivity index (χ4n) is 4.26. The van der Waals surface area contributed by atoms with Crippen LogP contribution in [-0.2, 0) is 37.3 Å². The minimum atomic E-state index is -3.53. The molecule has 8 nitrogen and oxygen atoms in total. The van der Waals surface area contributed by atoms with Crippen LogP contribution in [-0.4, -0.2) is 56.5 Å². The number of carbonyl (C=O) groups is 2. The first-order chi connectivity index (χ1) is 17.7. The topological polar surface area (TPSA) is 105 Å². The average Bonchev–Trinajstić information content (AvgIpc) is 3.53. The van der Waals surface area contributed by atoms with Crippen LogP contribution in [0.2, 0.25) is 0 Å². The first-order valence-electron chi connectivity index (χ1n) is 12.8. The number of halogens is 1. The monoisotopic (exact) mass is 531 g/mol. The number of ether oxygens (including phenoxy) is 1. The Kier molecular flexibility index (Phi) is 8.94. The van der Waals surface area contributed by atoms with Crippen molar-refractivity contribution in [2.45, 2.75) is 75.1 Å². The van der Waals surface area contributed by atoms with Crippen molar-refractivity contribution in [1.29, 1.82) is 0 Å². The zero-order chi connectivity index (χ0) is 26.4. The number of hydrogen-bond donors (Lipinski definition) is 2. The van der Waals surface area contributed by atoms with Gasteiger partial charge in [-0.2, -0.15) is 0 Å². The Labute approximate surface area is 217 Å². The third-order valence-corrected chi connectivity index (χ3v) is 8.26. The van der Waals surface area contributed by atoms with Crippen LogP contribution in [0.5, 0.6) is 0 Å². The molecule has 2 fully saturated rings. The smallest absolute Gasteiger partial charge is 0.242 e. The van der Waals surface area contributed by atoms with Gasteiger partial charge in [0.25, 0.3) is 0 Å². The largest absolute Gasteiger partial charge is 0.376 e. The van der Waals surface area contributed by atoms with Crippen molar-refractivity contribution >= 4 is 21.8 Å². The molecule has 2 N–H and O–H groups in total. The third kappa shape index (κ3) is 7.83. The van der Waals surface area contributed by atoms with E-state index < -0.39 is 16.1 Å². The molecule has 1 saturated carbocycles. The summed E-state index contributed by atoms with van der Waals surface area (Å²) in [5, 5.41) is 2.89. The number of rotatable bonds is 12. The van der Waals surface area contributed by atoms with E-state index in [1.54, 1.807) is 43.3 Å². The van der Waals surface area contributed by atoms with E-state index in [0.717, 1.165) is 31.2 Å². The van der Waals surface area contributed by atoms with Crippen LogP contribution < -0.4 is 10.0 Å². The lowest BCUT2D eigenvalue weighted by molar-refractivity contribution is -0.140. The van der Waals surface area contributed by atoms with E-state index >= 15 is 0 Å². The van der Waals surface area contributed by atoms with Crippen molar-refractivity contribution < 1.29 is 27.1 Å². The highest BCUT2D eigenvalue weighted by atomic mass is 32.2. The maximum Gasteiger partial charge on any atom is 0.242 e. The molecule has 200 valence electrons. The van der Waals surface area contributed by atoms with Gasteiger partial charge in [0, 0.05) is 32.2 Å². The number of nitrogens with zero attached hydrogens (tertiary/aromatic N) is 1. The summed E-state index contributed by atoms with van der Waals surface area (Å²) in [6, 6.07) is 11.6. The molecule has 1 aliphatic carbocycles. The van der Waals surface area contributed by atoms with Crippen LogP contribution in [0, 0.1) is 5.82 Å². The van der Waals surface area contributed by atoms with Gasteiger partial charge in [0.15, 0.2) is 0 Å². The van der Waals surface area contributed by atoms with Gasteiger partial charge in [-0.3, -0.25) is 9.59 Å². The molecule has 0 aromatic heterocycles. The molecule has 4 rings (SSSR count).